The van der Waals surface area contributed by atoms with E-state index in [0.29, 0.717) is 11.4 Å². The molecule has 0 atom stereocenters. The molecule has 20 rings (SSSR count). The van der Waals surface area contributed by atoms with Crippen molar-refractivity contribution in [1.29, 1.82) is 0 Å². The summed E-state index contributed by atoms with van der Waals surface area (Å²) < 4.78 is 63.3. The molecule has 0 amide bonds. The lowest BCUT2D eigenvalue weighted by Gasteiger charge is -2.21. The lowest BCUT2D eigenvalue weighted by molar-refractivity contribution is -0.137. The van der Waals surface area contributed by atoms with Crippen LogP contribution in [-0.2, 0) is 6.18 Å². The maximum Gasteiger partial charge on any atom is 0.417 e. The quantitative estimate of drug-likeness (QED) is 0.157. The van der Waals surface area contributed by atoms with Crippen LogP contribution in [0.5, 0.6) is 0 Å². The summed E-state index contributed by atoms with van der Waals surface area (Å²) in [5.74, 6) is 0. The Balaban J connectivity index is 0.862. The van der Waals surface area contributed by atoms with Crippen molar-refractivity contribution < 1.29 is 13.2 Å². The predicted octanol–water partition coefficient (Wildman–Crippen LogP) is 22.4. The number of aromatic nitrogens is 7. The molecule has 0 aliphatic heterocycles. The second-order valence-corrected chi connectivity index (χ2v) is 24.5. The van der Waals surface area contributed by atoms with Crippen LogP contribution < -0.4 is 0 Å². The van der Waals surface area contributed by atoms with Crippen LogP contribution in [0.1, 0.15) is 5.56 Å². The number of fused-ring (bicyclic) bond motifs is 18. The molecule has 0 saturated carbocycles. The van der Waals surface area contributed by atoms with E-state index in [9.17, 15) is 0 Å². The van der Waals surface area contributed by atoms with E-state index in [1.807, 2.05) is 22.8 Å². The van der Waals surface area contributed by atoms with Gasteiger partial charge in [0.05, 0.1) is 88.8 Å². The average molecular weight is 1210 g/mol. The number of benzene rings is 13. The van der Waals surface area contributed by atoms with Gasteiger partial charge in [0.2, 0.25) is 0 Å². The number of hydrogen-bond acceptors (Lipinski definition) is 1. The Kier molecular flexibility index (Phi) is 10.9. The average Bonchev–Trinajstić information content (AvgIpc) is 1.56. The topological polar surface area (TPSA) is 42.5 Å². The maximum atomic E-state index is 16.6. The summed E-state index contributed by atoms with van der Waals surface area (Å²) >= 11 is 0. The second-order valence-electron chi connectivity index (χ2n) is 24.5. The Hall–Kier alpha value is -12.4. The zero-order valence-electron chi connectivity index (χ0n) is 50.1. The number of nitrogens with zero attached hydrogens (tertiary/aromatic N) is 7. The van der Waals surface area contributed by atoms with Crippen molar-refractivity contribution in [2.24, 2.45) is 0 Å². The highest BCUT2D eigenvalue weighted by molar-refractivity contribution is 6.17. The predicted molar refractivity (Wildman–Crippen MR) is 381 cm³/mol. The van der Waals surface area contributed by atoms with Crippen LogP contribution in [0.15, 0.2) is 303 Å². The number of alkyl halides is 3. The van der Waals surface area contributed by atoms with Crippen LogP contribution in [-0.4, -0.2) is 32.4 Å². The van der Waals surface area contributed by atoms with Crippen molar-refractivity contribution in [3.63, 3.8) is 0 Å². The Morgan fingerprint density at radius 1 is 0.223 bits per heavy atom. The van der Waals surface area contributed by atoms with Crippen LogP contribution in [0.4, 0.5) is 13.2 Å². The van der Waals surface area contributed by atoms with Gasteiger partial charge in [0, 0.05) is 99.1 Å². The molecule has 20 aromatic rings. The normalized spacial score (nSPS) is 12.4. The lowest BCUT2D eigenvalue weighted by atomic mass is 9.99. The molecule has 0 radical (unpaired) electrons. The molecule has 7 heterocycles. The summed E-state index contributed by atoms with van der Waals surface area (Å²) in [5, 5.41) is 12.7. The van der Waals surface area contributed by atoms with Gasteiger partial charge in [-0.15, -0.1) is 0 Å². The molecule has 0 bridgehead atoms. The Morgan fingerprint density at radius 2 is 0.479 bits per heavy atom. The number of halogens is 3. The Morgan fingerprint density at radius 3 is 0.766 bits per heavy atom. The van der Waals surface area contributed by atoms with Crippen molar-refractivity contribution in [1.82, 2.24) is 32.4 Å². The molecular formula is C84H50F3N7. The molecule has 0 N–H and O–H groups in total. The summed E-state index contributed by atoms with van der Waals surface area (Å²) in [6, 6.07) is 102. The molecule has 10 heteroatoms. The minimum absolute atomic E-state index is 0.0406. The largest absolute Gasteiger partial charge is 0.417 e. The first kappa shape index (κ1) is 52.4. The molecule has 0 saturated heterocycles. The van der Waals surface area contributed by atoms with Crippen LogP contribution in [0.3, 0.4) is 0 Å². The van der Waals surface area contributed by atoms with E-state index in [-0.39, 0.29) is 11.3 Å². The minimum atomic E-state index is -4.80. The van der Waals surface area contributed by atoms with Gasteiger partial charge in [-0.3, -0.25) is 4.98 Å². The third-order valence-electron chi connectivity index (χ3n) is 19.7. The van der Waals surface area contributed by atoms with Gasteiger partial charge >= 0.3 is 6.18 Å². The van der Waals surface area contributed by atoms with Crippen molar-refractivity contribution in [2.75, 3.05) is 0 Å². The molecular weight excluding hydrogens is 1160 g/mol. The first-order chi connectivity index (χ1) is 46.3. The van der Waals surface area contributed by atoms with Crippen molar-refractivity contribution in [3.05, 3.63) is 309 Å². The molecule has 7 aromatic heterocycles. The number of para-hydroxylation sites is 8. The molecule has 13 aromatic carbocycles. The maximum absolute atomic E-state index is 16.6. The van der Waals surface area contributed by atoms with Gasteiger partial charge in [0.15, 0.2) is 0 Å². The monoisotopic (exact) mass is 1210 g/mol. The Bertz CT molecular complexity index is 6060. The van der Waals surface area contributed by atoms with Gasteiger partial charge in [0.25, 0.3) is 0 Å². The highest BCUT2D eigenvalue weighted by Gasteiger charge is 2.37. The first-order valence-electron chi connectivity index (χ1n) is 31.6. The molecule has 94 heavy (non-hydrogen) atoms. The highest BCUT2D eigenvalue weighted by atomic mass is 19.4. The van der Waals surface area contributed by atoms with E-state index in [1.165, 1.54) is 12.1 Å². The summed E-state index contributed by atoms with van der Waals surface area (Å²) in [7, 11) is 0. The van der Waals surface area contributed by atoms with Gasteiger partial charge in [-0.05, 0) is 146 Å². The second kappa shape index (κ2) is 19.6. The minimum Gasteiger partial charge on any atom is -0.309 e. The number of pyridine rings is 1. The highest BCUT2D eigenvalue weighted by Crippen LogP contribution is 2.48. The van der Waals surface area contributed by atoms with E-state index in [1.54, 1.807) is 6.20 Å². The van der Waals surface area contributed by atoms with Crippen LogP contribution >= 0.6 is 0 Å². The standard InChI is InChI=1S/C84H50F3N7/c85-84(86,87)67-27-17-36-80(93-76-42-38-51(89-68-28-9-1-19-55(68)56-20-2-10-29-69(56)89)47-63(76)64-48-52(39-43-77(64)93)90-70-30-11-3-21-57(70)58-22-4-12-31-71(58)90)82(67)83-81(37-18-46-88-83)94-78-44-40-53(91-72-32-13-5-23-59(72)60-24-6-14-33-73(60)91)49-65(78)66-50-54(41-45-79(66)94)92-74-34-15-7-25-61(74)62-26-8-16-35-75(62)92/h1-50H. The SMILES string of the molecule is FC(F)(F)c1cccc(-n2c3ccc(-n4c5ccccc5c5ccccc54)cc3c3cc(-n4c5ccccc5c5ccccc54)ccc32)c1-c1ncccc1-n1c2ccc(-n3c4ccccc4c4ccccc43)cc2c2cc(-n3c4ccccc4c4ccccc43)ccc21. The third kappa shape index (κ3) is 7.35. The molecule has 0 aliphatic rings. The van der Waals surface area contributed by atoms with Gasteiger partial charge in [0.1, 0.15) is 0 Å². The van der Waals surface area contributed by atoms with Gasteiger partial charge in [-0.2, -0.15) is 13.2 Å². The fourth-order valence-electron chi connectivity index (χ4n) is 15.9. The lowest BCUT2D eigenvalue weighted by Crippen LogP contribution is -2.12. The molecule has 0 fully saturated rings. The van der Waals surface area contributed by atoms with Gasteiger partial charge < -0.3 is 27.4 Å². The Labute approximate surface area is 534 Å². The van der Waals surface area contributed by atoms with E-state index >= 15 is 13.2 Å². The van der Waals surface area contributed by atoms with E-state index < -0.39 is 11.7 Å². The van der Waals surface area contributed by atoms with Gasteiger partial charge in [-0.1, -0.05) is 152 Å². The smallest absolute Gasteiger partial charge is 0.309 e. The number of rotatable bonds is 7. The van der Waals surface area contributed by atoms with Crippen molar-refractivity contribution in [2.45, 2.75) is 6.18 Å². The molecule has 0 spiro atoms. The molecule has 0 unspecified atom stereocenters. The van der Waals surface area contributed by atoms with Crippen LogP contribution in [0.2, 0.25) is 0 Å². The fourth-order valence-corrected chi connectivity index (χ4v) is 15.9. The zero-order chi connectivity index (χ0) is 62.1. The first-order valence-corrected chi connectivity index (χ1v) is 31.6. The summed E-state index contributed by atoms with van der Waals surface area (Å²) in [6.07, 6.45) is -3.19. The fraction of sp³-hybridized carbons (Fsp3) is 0.0119. The van der Waals surface area contributed by atoms with E-state index in [0.717, 1.165) is 154 Å². The van der Waals surface area contributed by atoms with E-state index in [4.69, 9.17) is 4.98 Å². The summed E-state index contributed by atoms with van der Waals surface area (Å²) in [4.78, 5) is 5.14. The summed E-state index contributed by atoms with van der Waals surface area (Å²) in [5.41, 5.74) is 15.5. The van der Waals surface area contributed by atoms with E-state index in [2.05, 4.69) is 290 Å². The molecule has 442 valence electrons. The zero-order valence-corrected chi connectivity index (χ0v) is 50.1. The molecule has 7 nitrogen and oxygen atoms in total. The number of hydrogen-bond donors (Lipinski definition) is 0. The third-order valence-corrected chi connectivity index (χ3v) is 19.7. The van der Waals surface area contributed by atoms with Crippen LogP contribution in [0, 0.1) is 0 Å². The van der Waals surface area contributed by atoms with Crippen molar-refractivity contribution in [3.8, 4) is 45.4 Å². The van der Waals surface area contributed by atoms with Crippen molar-refractivity contribution >= 4 is 131 Å². The summed E-state index contributed by atoms with van der Waals surface area (Å²) in [6.45, 7) is 0. The van der Waals surface area contributed by atoms with Crippen LogP contribution in [0.25, 0.3) is 176 Å². The molecule has 0 aliphatic carbocycles. The van der Waals surface area contributed by atoms with Gasteiger partial charge in [-0.25, -0.2) is 0 Å².